The Labute approximate surface area is 197 Å². The summed E-state index contributed by atoms with van der Waals surface area (Å²) < 4.78 is 11.5. The van der Waals surface area contributed by atoms with Gasteiger partial charge >= 0.3 is 0 Å². The van der Waals surface area contributed by atoms with Gasteiger partial charge in [0.15, 0.2) is 5.96 Å². The van der Waals surface area contributed by atoms with Crippen LogP contribution < -0.4 is 5.32 Å². The molecule has 3 rings (SSSR count). The van der Waals surface area contributed by atoms with Gasteiger partial charge in [-0.2, -0.15) is 11.8 Å². The summed E-state index contributed by atoms with van der Waals surface area (Å²) in [5.74, 6) is 2.23. The van der Waals surface area contributed by atoms with Crippen LogP contribution in [-0.2, 0) is 22.6 Å². The molecule has 2 aliphatic heterocycles. The smallest absolute Gasteiger partial charge is 0.194 e. The highest BCUT2D eigenvalue weighted by Gasteiger charge is 2.21. The van der Waals surface area contributed by atoms with E-state index in [1.54, 1.807) is 0 Å². The van der Waals surface area contributed by atoms with E-state index < -0.39 is 0 Å². The van der Waals surface area contributed by atoms with Crippen LogP contribution in [0.15, 0.2) is 29.3 Å². The molecule has 0 bridgehead atoms. The maximum atomic E-state index is 6.07. The molecular formula is C22H36IN3O2S. The van der Waals surface area contributed by atoms with Crippen molar-refractivity contribution in [2.45, 2.75) is 57.6 Å². The molecule has 0 radical (unpaired) electrons. The Morgan fingerprint density at radius 2 is 2.07 bits per heavy atom. The molecule has 0 amide bonds. The van der Waals surface area contributed by atoms with E-state index >= 15 is 0 Å². The van der Waals surface area contributed by atoms with E-state index in [9.17, 15) is 0 Å². The molecule has 1 aromatic carbocycles. The number of nitrogens with one attached hydrogen (secondary N) is 1. The molecule has 29 heavy (non-hydrogen) atoms. The molecule has 2 saturated heterocycles. The second-order valence-corrected chi connectivity index (χ2v) is 8.87. The summed E-state index contributed by atoms with van der Waals surface area (Å²) in [6.07, 6.45) is 3.56. The fourth-order valence-corrected chi connectivity index (χ4v) is 4.81. The third-order valence-corrected chi connectivity index (χ3v) is 6.66. The van der Waals surface area contributed by atoms with Crippen molar-refractivity contribution in [1.82, 2.24) is 10.2 Å². The van der Waals surface area contributed by atoms with Crippen molar-refractivity contribution in [2.24, 2.45) is 4.99 Å². The summed E-state index contributed by atoms with van der Waals surface area (Å²) in [6, 6.07) is 8.65. The van der Waals surface area contributed by atoms with Crippen LogP contribution in [0.25, 0.3) is 0 Å². The van der Waals surface area contributed by atoms with Crippen molar-refractivity contribution >= 4 is 41.7 Å². The quantitative estimate of drug-likeness (QED) is 0.322. The van der Waals surface area contributed by atoms with Gasteiger partial charge in [0.2, 0.25) is 0 Å². The first-order chi connectivity index (χ1) is 13.8. The van der Waals surface area contributed by atoms with Gasteiger partial charge in [-0.25, -0.2) is 4.99 Å². The minimum atomic E-state index is 0. The van der Waals surface area contributed by atoms with E-state index in [-0.39, 0.29) is 24.0 Å². The van der Waals surface area contributed by atoms with Gasteiger partial charge in [-0.1, -0.05) is 31.2 Å². The lowest BCUT2D eigenvalue weighted by atomic mass is 10.1. The predicted octanol–water partition coefficient (Wildman–Crippen LogP) is 4.29. The molecule has 2 aliphatic rings. The first-order valence-electron chi connectivity index (χ1n) is 10.7. The van der Waals surface area contributed by atoms with Crippen LogP contribution in [-0.4, -0.2) is 60.8 Å². The number of benzene rings is 1. The summed E-state index contributed by atoms with van der Waals surface area (Å²) in [5, 5.41) is 4.19. The van der Waals surface area contributed by atoms with E-state index in [0.29, 0.717) is 24.5 Å². The number of hydrogen-bond donors (Lipinski definition) is 1. The number of nitrogens with zero attached hydrogens (tertiary/aromatic N) is 2. The Balaban J connectivity index is 0.00000300. The Kier molecular flexibility index (Phi) is 11.7. The van der Waals surface area contributed by atoms with Crippen LogP contribution in [0.1, 0.15) is 44.2 Å². The summed E-state index contributed by atoms with van der Waals surface area (Å²) in [5.41, 5.74) is 2.46. The molecule has 0 saturated carbocycles. The molecule has 1 unspecified atom stereocenters. The second kappa shape index (κ2) is 13.7. The van der Waals surface area contributed by atoms with Crippen LogP contribution in [0.4, 0.5) is 0 Å². The lowest BCUT2D eigenvalue weighted by Crippen LogP contribution is -2.48. The molecule has 0 spiro atoms. The van der Waals surface area contributed by atoms with Crippen molar-refractivity contribution in [3.8, 4) is 0 Å². The molecular weight excluding hydrogens is 497 g/mol. The highest BCUT2D eigenvalue weighted by atomic mass is 127. The van der Waals surface area contributed by atoms with Crippen molar-refractivity contribution < 1.29 is 9.47 Å². The minimum Gasteiger partial charge on any atom is -0.381 e. The number of guanidine groups is 1. The van der Waals surface area contributed by atoms with Crippen molar-refractivity contribution in [1.29, 1.82) is 0 Å². The SMILES string of the molecule is CCNC(=NCc1cccc(COC2CCOCC2)c1)N1CCSC(CC)C1.I. The van der Waals surface area contributed by atoms with Crippen LogP contribution >= 0.6 is 35.7 Å². The lowest BCUT2D eigenvalue weighted by molar-refractivity contribution is -0.0390. The third-order valence-electron chi connectivity index (χ3n) is 5.29. The average Bonchev–Trinajstić information content (AvgIpc) is 2.76. The Bertz CT molecular complexity index is 626. The Morgan fingerprint density at radius 3 is 2.83 bits per heavy atom. The minimum absolute atomic E-state index is 0. The number of aliphatic imine (C=N–C) groups is 1. The van der Waals surface area contributed by atoms with E-state index in [2.05, 4.69) is 60.1 Å². The van der Waals surface area contributed by atoms with Gasteiger partial charge in [-0.3, -0.25) is 0 Å². The van der Waals surface area contributed by atoms with Gasteiger partial charge < -0.3 is 19.7 Å². The Hall–Kier alpha value is -0.510. The van der Waals surface area contributed by atoms with Crippen LogP contribution in [0.5, 0.6) is 0 Å². The van der Waals surface area contributed by atoms with Crippen molar-refractivity contribution in [3.63, 3.8) is 0 Å². The first-order valence-corrected chi connectivity index (χ1v) is 11.7. The average molecular weight is 534 g/mol. The van der Waals surface area contributed by atoms with Crippen molar-refractivity contribution in [3.05, 3.63) is 35.4 Å². The van der Waals surface area contributed by atoms with Gasteiger partial charge in [0.25, 0.3) is 0 Å². The van der Waals surface area contributed by atoms with Crippen LogP contribution in [0.2, 0.25) is 0 Å². The molecule has 2 heterocycles. The predicted molar refractivity (Wildman–Crippen MR) is 133 cm³/mol. The fourth-order valence-electron chi connectivity index (χ4n) is 3.63. The summed E-state index contributed by atoms with van der Waals surface area (Å²) in [7, 11) is 0. The van der Waals surface area contributed by atoms with Gasteiger partial charge in [0.1, 0.15) is 0 Å². The van der Waals surface area contributed by atoms with Crippen LogP contribution in [0, 0.1) is 0 Å². The monoisotopic (exact) mass is 533 g/mol. The molecule has 1 N–H and O–H groups in total. The molecule has 5 nitrogen and oxygen atoms in total. The van der Waals surface area contributed by atoms with Gasteiger partial charge in [-0.05, 0) is 37.3 Å². The molecule has 1 aromatic rings. The number of thioether (sulfide) groups is 1. The zero-order valence-electron chi connectivity index (χ0n) is 17.8. The maximum absolute atomic E-state index is 6.07. The van der Waals surface area contributed by atoms with Gasteiger partial charge in [0, 0.05) is 43.9 Å². The molecule has 1 atom stereocenters. The van der Waals surface area contributed by atoms with Crippen molar-refractivity contribution in [2.75, 3.05) is 38.6 Å². The number of hydrogen-bond acceptors (Lipinski definition) is 4. The second-order valence-electron chi connectivity index (χ2n) is 7.46. The maximum Gasteiger partial charge on any atom is 0.194 e. The summed E-state index contributed by atoms with van der Waals surface area (Å²) in [4.78, 5) is 7.35. The van der Waals surface area contributed by atoms with E-state index in [0.717, 1.165) is 51.6 Å². The molecule has 164 valence electrons. The topological polar surface area (TPSA) is 46.1 Å². The molecule has 0 aromatic heterocycles. The van der Waals surface area contributed by atoms with Gasteiger partial charge in [-0.15, -0.1) is 24.0 Å². The highest BCUT2D eigenvalue weighted by molar-refractivity contribution is 14.0. The van der Waals surface area contributed by atoms with E-state index in [4.69, 9.17) is 14.5 Å². The van der Waals surface area contributed by atoms with E-state index in [1.165, 1.54) is 23.3 Å². The lowest BCUT2D eigenvalue weighted by Gasteiger charge is -2.34. The number of halogens is 1. The zero-order chi connectivity index (χ0) is 19.6. The summed E-state index contributed by atoms with van der Waals surface area (Å²) in [6.45, 7) is 10.5. The van der Waals surface area contributed by atoms with Crippen LogP contribution in [0.3, 0.4) is 0 Å². The first kappa shape index (κ1) is 24.8. The summed E-state index contributed by atoms with van der Waals surface area (Å²) >= 11 is 2.09. The molecule has 0 aliphatic carbocycles. The fraction of sp³-hybridized carbons (Fsp3) is 0.682. The van der Waals surface area contributed by atoms with Gasteiger partial charge in [0.05, 0.1) is 19.3 Å². The molecule has 7 heteroatoms. The van der Waals surface area contributed by atoms with E-state index in [1.807, 2.05) is 0 Å². The third kappa shape index (κ3) is 8.26. The normalized spacial score (nSPS) is 21.0. The Morgan fingerprint density at radius 1 is 1.28 bits per heavy atom. The number of ether oxygens (including phenoxy) is 2. The highest BCUT2D eigenvalue weighted by Crippen LogP contribution is 2.21. The standard InChI is InChI=1S/C22H35N3O2S.HI/c1-3-21-16-25(10-13-28-21)22(23-4-2)24-15-18-6-5-7-19(14-18)17-27-20-8-11-26-12-9-20;/h5-7,14,20-21H,3-4,8-13,15-17H2,1-2H3,(H,23,24);1H. The zero-order valence-corrected chi connectivity index (χ0v) is 20.9. The number of rotatable bonds is 7. The molecule has 2 fully saturated rings. The largest absolute Gasteiger partial charge is 0.381 e.